The number of carbonyl (C=O) groups excluding carboxylic acids is 1. The predicted octanol–water partition coefficient (Wildman–Crippen LogP) is 2.08. The van der Waals surface area contributed by atoms with Gasteiger partial charge in [-0.25, -0.2) is 0 Å². The van der Waals surface area contributed by atoms with Gasteiger partial charge in [-0.15, -0.1) is 0 Å². The predicted molar refractivity (Wildman–Crippen MR) is 84.5 cm³/mol. The minimum Gasteiger partial charge on any atom is -0.496 e. The van der Waals surface area contributed by atoms with E-state index in [-0.39, 0.29) is 5.91 Å². The molecule has 4 heteroatoms. The maximum absolute atomic E-state index is 12.4. The molecule has 2 atom stereocenters. The second-order valence-corrected chi connectivity index (χ2v) is 5.97. The molecule has 1 saturated heterocycles. The molecule has 2 rings (SSSR count). The van der Waals surface area contributed by atoms with Gasteiger partial charge in [-0.1, -0.05) is 25.1 Å². The summed E-state index contributed by atoms with van der Waals surface area (Å²) < 4.78 is 5.38. The van der Waals surface area contributed by atoms with Crippen molar-refractivity contribution in [3.05, 3.63) is 29.8 Å². The summed E-state index contributed by atoms with van der Waals surface area (Å²) in [4.78, 5) is 14.4. The van der Waals surface area contributed by atoms with Crippen molar-refractivity contribution < 1.29 is 9.53 Å². The third-order valence-electron chi connectivity index (χ3n) is 4.11. The smallest absolute Gasteiger partial charge is 0.223 e. The number of hydrogen-bond acceptors (Lipinski definition) is 3. The van der Waals surface area contributed by atoms with Crippen LogP contribution in [0.25, 0.3) is 0 Å². The van der Waals surface area contributed by atoms with E-state index in [1.807, 2.05) is 23.1 Å². The van der Waals surface area contributed by atoms with Crippen molar-refractivity contribution in [1.82, 2.24) is 10.2 Å². The lowest BCUT2D eigenvalue weighted by molar-refractivity contribution is -0.134. The van der Waals surface area contributed by atoms with Gasteiger partial charge >= 0.3 is 0 Å². The van der Waals surface area contributed by atoms with Gasteiger partial charge in [-0.05, 0) is 30.9 Å². The van der Waals surface area contributed by atoms with E-state index in [1.54, 1.807) is 7.11 Å². The van der Waals surface area contributed by atoms with Crippen molar-refractivity contribution in [3.63, 3.8) is 0 Å². The molecular formula is C17H26N2O2. The van der Waals surface area contributed by atoms with Gasteiger partial charge in [0.1, 0.15) is 5.75 Å². The first-order valence-electron chi connectivity index (χ1n) is 7.74. The minimum absolute atomic E-state index is 0.270. The molecule has 0 saturated carbocycles. The van der Waals surface area contributed by atoms with Crippen molar-refractivity contribution in [1.29, 1.82) is 0 Å². The van der Waals surface area contributed by atoms with Crippen LogP contribution in [0.5, 0.6) is 5.75 Å². The lowest BCUT2D eigenvalue weighted by Crippen LogP contribution is -2.52. The monoisotopic (exact) mass is 290 g/mol. The number of methoxy groups -OCH3 is 1. The topological polar surface area (TPSA) is 41.6 Å². The van der Waals surface area contributed by atoms with Crippen molar-refractivity contribution in [2.45, 2.75) is 32.7 Å². The summed E-state index contributed by atoms with van der Waals surface area (Å²) >= 11 is 0. The molecule has 21 heavy (non-hydrogen) atoms. The fourth-order valence-corrected chi connectivity index (χ4v) is 2.95. The van der Waals surface area contributed by atoms with Gasteiger partial charge in [-0.3, -0.25) is 4.79 Å². The summed E-state index contributed by atoms with van der Waals surface area (Å²) in [6.07, 6.45) is 1.47. The highest BCUT2D eigenvalue weighted by Crippen LogP contribution is 2.22. The molecular weight excluding hydrogens is 264 g/mol. The Bertz CT molecular complexity index is 476. The largest absolute Gasteiger partial charge is 0.496 e. The Hall–Kier alpha value is -1.55. The van der Waals surface area contributed by atoms with Crippen molar-refractivity contribution in [2.24, 2.45) is 5.92 Å². The Balaban J connectivity index is 1.91. The molecule has 0 aromatic heterocycles. The standard InChI is InChI=1S/C17H26N2O2/c1-13(10-15-6-4-5-7-16(15)21-3)11-17(20)19-9-8-18-12-14(19)2/h4-7,13-14,18H,8-12H2,1-3H3/t13-,14+/m0/s1. The number of para-hydroxylation sites is 1. The number of carbonyl (C=O) groups is 1. The summed E-state index contributed by atoms with van der Waals surface area (Å²) in [5, 5.41) is 3.32. The molecule has 0 radical (unpaired) electrons. The number of nitrogens with one attached hydrogen (secondary N) is 1. The van der Waals surface area contributed by atoms with E-state index in [1.165, 1.54) is 5.56 Å². The van der Waals surface area contributed by atoms with Gasteiger partial charge in [0.2, 0.25) is 5.91 Å². The summed E-state index contributed by atoms with van der Waals surface area (Å²) in [5.74, 6) is 1.50. The molecule has 116 valence electrons. The third kappa shape index (κ3) is 4.21. The van der Waals surface area contributed by atoms with Crippen molar-refractivity contribution in [3.8, 4) is 5.75 Å². The quantitative estimate of drug-likeness (QED) is 0.903. The van der Waals surface area contributed by atoms with E-state index >= 15 is 0 Å². The Morgan fingerprint density at radius 1 is 1.48 bits per heavy atom. The molecule has 0 bridgehead atoms. The van der Waals surface area contributed by atoms with Crippen molar-refractivity contribution in [2.75, 3.05) is 26.7 Å². The first kappa shape index (κ1) is 15.8. The van der Waals surface area contributed by atoms with E-state index in [0.717, 1.165) is 31.8 Å². The van der Waals surface area contributed by atoms with Gasteiger partial charge < -0.3 is 15.0 Å². The number of benzene rings is 1. The zero-order valence-corrected chi connectivity index (χ0v) is 13.3. The van der Waals surface area contributed by atoms with Gasteiger partial charge in [0.15, 0.2) is 0 Å². The Kier molecular flexibility index (Phi) is 5.62. The number of amides is 1. The first-order chi connectivity index (χ1) is 10.1. The number of hydrogen-bond donors (Lipinski definition) is 1. The molecule has 1 amide bonds. The second kappa shape index (κ2) is 7.46. The normalized spacial score (nSPS) is 20.1. The van der Waals surface area contributed by atoms with Crippen LogP contribution in [0.4, 0.5) is 0 Å². The molecule has 0 spiro atoms. The van der Waals surface area contributed by atoms with Crippen LogP contribution >= 0.6 is 0 Å². The molecule has 1 aliphatic heterocycles. The fraction of sp³-hybridized carbons (Fsp3) is 0.588. The SMILES string of the molecule is COc1ccccc1C[C@H](C)CC(=O)N1CCNC[C@H]1C. The van der Waals surface area contributed by atoms with Crippen LogP contribution in [0.15, 0.2) is 24.3 Å². The lowest BCUT2D eigenvalue weighted by atomic mass is 9.96. The van der Waals surface area contributed by atoms with Crippen LogP contribution in [-0.2, 0) is 11.2 Å². The molecule has 1 aromatic carbocycles. The van der Waals surface area contributed by atoms with Crippen LogP contribution in [0.2, 0.25) is 0 Å². The summed E-state index contributed by atoms with van der Waals surface area (Å²) in [5.41, 5.74) is 1.17. The van der Waals surface area contributed by atoms with E-state index in [2.05, 4.69) is 25.2 Å². The molecule has 1 N–H and O–H groups in total. The van der Waals surface area contributed by atoms with Crippen LogP contribution in [-0.4, -0.2) is 43.6 Å². The van der Waals surface area contributed by atoms with E-state index < -0.39 is 0 Å². The summed E-state index contributed by atoms with van der Waals surface area (Å²) in [6, 6.07) is 8.34. The highest BCUT2D eigenvalue weighted by molar-refractivity contribution is 5.77. The van der Waals surface area contributed by atoms with Crippen LogP contribution in [0.1, 0.15) is 25.8 Å². The zero-order chi connectivity index (χ0) is 15.2. The van der Waals surface area contributed by atoms with E-state index in [0.29, 0.717) is 18.4 Å². The van der Waals surface area contributed by atoms with Crippen LogP contribution in [0.3, 0.4) is 0 Å². The van der Waals surface area contributed by atoms with Gasteiger partial charge in [0.25, 0.3) is 0 Å². The van der Waals surface area contributed by atoms with Gasteiger partial charge in [0.05, 0.1) is 7.11 Å². The Labute approximate surface area is 127 Å². The lowest BCUT2D eigenvalue weighted by Gasteiger charge is -2.34. The second-order valence-electron chi connectivity index (χ2n) is 5.97. The number of piperazine rings is 1. The number of nitrogens with zero attached hydrogens (tertiary/aromatic N) is 1. The highest BCUT2D eigenvalue weighted by Gasteiger charge is 2.24. The Morgan fingerprint density at radius 2 is 2.24 bits per heavy atom. The maximum Gasteiger partial charge on any atom is 0.223 e. The third-order valence-corrected chi connectivity index (χ3v) is 4.11. The van der Waals surface area contributed by atoms with Crippen LogP contribution < -0.4 is 10.1 Å². The molecule has 1 heterocycles. The molecule has 4 nitrogen and oxygen atoms in total. The fourth-order valence-electron chi connectivity index (χ4n) is 2.95. The number of ether oxygens (including phenoxy) is 1. The van der Waals surface area contributed by atoms with Crippen LogP contribution in [0, 0.1) is 5.92 Å². The highest BCUT2D eigenvalue weighted by atomic mass is 16.5. The minimum atomic E-state index is 0.270. The van der Waals surface area contributed by atoms with Crippen molar-refractivity contribution >= 4 is 5.91 Å². The molecule has 1 fully saturated rings. The molecule has 0 aliphatic carbocycles. The molecule has 1 aliphatic rings. The average molecular weight is 290 g/mol. The summed E-state index contributed by atoms with van der Waals surface area (Å²) in [6.45, 7) is 6.86. The first-order valence-corrected chi connectivity index (χ1v) is 7.74. The van der Waals surface area contributed by atoms with E-state index in [4.69, 9.17) is 4.74 Å². The van der Waals surface area contributed by atoms with Gasteiger partial charge in [-0.2, -0.15) is 0 Å². The average Bonchev–Trinajstić information content (AvgIpc) is 2.48. The number of rotatable bonds is 5. The summed E-state index contributed by atoms with van der Waals surface area (Å²) in [7, 11) is 1.69. The zero-order valence-electron chi connectivity index (χ0n) is 13.3. The van der Waals surface area contributed by atoms with Gasteiger partial charge in [0, 0.05) is 32.1 Å². The molecule has 0 unspecified atom stereocenters. The Morgan fingerprint density at radius 3 is 2.95 bits per heavy atom. The molecule has 1 aromatic rings. The maximum atomic E-state index is 12.4. The van der Waals surface area contributed by atoms with E-state index in [9.17, 15) is 4.79 Å².